The lowest BCUT2D eigenvalue weighted by Gasteiger charge is -2.52. The maximum absolute atomic E-state index is 13.5. The van der Waals surface area contributed by atoms with Gasteiger partial charge in [0.1, 0.15) is 0 Å². The lowest BCUT2D eigenvalue weighted by Crippen LogP contribution is -2.62. The topological polar surface area (TPSA) is 48.9 Å². The lowest BCUT2D eigenvalue weighted by molar-refractivity contribution is -0.0406. The maximum Gasteiger partial charge on any atom is 0.255 e. The number of hydrogen-bond acceptors (Lipinski definition) is 5. The summed E-state index contributed by atoms with van der Waals surface area (Å²) in [6.07, 6.45) is 2.81. The summed E-state index contributed by atoms with van der Waals surface area (Å²) in [5.74, 6) is -0.311. The summed E-state index contributed by atoms with van der Waals surface area (Å²) in [5.41, 5.74) is 2.03. The van der Waals surface area contributed by atoms with Crippen LogP contribution in [0.3, 0.4) is 0 Å². The summed E-state index contributed by atoms with van der Waals surface area (Å²) >= 11 is 0. The lowest BCUT2D eigenvalue weighted by atomic mass is 9.86. The molecular formula is C29H42N4O2. The van der Waals surface area contributed by atoms with Gasteiger partial charge in [0.15, 0.2) is 0 Å². The van der Waals surface area contributed by atoms with Crippen molar-refractivity contribution < 1.29 is 20.5 Å². The van der Waals surface area contributed by atoms with Crippen molar-refractivity contribution >= 4 is 5.91 Å². The molecule has 1 aromatic carbocycles. The molecule has 0 radical (unpaired) electrons. The van der Waals surface area contributed by atoms with Crippen LogP contribution in [0.5, 0.6) is 0 Å². The largest absolute Gasteiger partial charge is 0.383 e. The highest BCUT2D eigenvalue weighted by molar-refractivity contribution is 5.96. The Morgan fingerprint density at radius 3 is 2.60 bits per heavy atom. The molecule has 6 nitrogen and oxygen atoms in total. The molecule has 0 aliphatic carbocycles. The molecule has 3 heterocycles. The molecule has 2 saturated heterocycles. The molecule has 2 aromatic rings. The van der Waals surface area contributed by atoms with Crippen molar-refractivity contribution in [1.82, 2.24) is 19.7 Å². The Kier molecular flexibility index (Phi) is 5.30. The summed E-state index contributed by atoms with van der Waals surface area (Å²) in [5, 5.41) is 0. The zero-order chi connectivity index (χ0) is 32.0. The molecule has 35 heavy (non-hydrogen) atoms. The van der Waals surface area contributed by atoms with Crippen molar-refractivity contribution in [1.29, 1.82) is 0 Å². The molecule has 0 spiro atoms. The molecule has 2 fully saturated rings. The van der Waals surface area contributed by atoms with Crippen LogP contribution in [0.4, 0.5) is 0 Å². The van der Waals surface area contributed by atoms with E-state index in [4.69, 9.17) is 15.7 Å². The van der Waals surface area contributed by atoms with Gasteiger partial charge in [-0.3, -0.25) is 19.6 Å². The predicted octanol–water partition coefficient (Wildman–Crippen LogP) is 4.40. The Bertz CT molecular complexity index is 1290. The number of amides is 1. The Balaban J connectivity index is 1.48. The Labute approximate surface area is 222 Å². The van der Waals surface area contributed by atoms with Crippen LogP contribution in [-0.2, 0) is 4.74 Å². The summed E-state index contributed by atoms with van der Waals surface area (Å²) in [6, 6.07) is 7.79. The van der Waals surface area contributed by atoms with E-state index in [2.05, 4.69) is 16.8 Å². The molecular weight excluding hydrogens is 436 g/mol. The molecule has 2 aliphatic heterocycles. The second-order valence-electron chi connectivity index (χ2n) is 10.2. The first-order chi connectivity index (χ1) is 19.8. The number of ether oxygens (including phenoxy) is 1. The molecule has 6 heteroatoms. The van der Waals surface area contributed by atoms with Crippen LogP contribution in [0.2, 0.25) is 0 Å². The van der Waals surface area contributed by atoms with E-state index in [0.717, 1.165) is 5.56 Å². The first-order valence-corrected chi connectivity index (χ1v) is 12.4. The zero-order valence-corrected chi connectivity index (χ0v) is 21.2. The zero-order valence-electron chi connectivity index (χ0n) is 29.2. The summed E-state index contributed by atoms with van der Waals surface area (Å²) in [7, 11) is -2.89. The number of carbonyl (C=O) groups is 1. The third-order valence-electron chi connectivity index (χ3n) is 7.82. The number of likely N-dealkylation sites (tertiary alicyclic amines) is 1. The van der Waals surface area contributed by atoms with Crippen molar-refractivity contribution in [2.24, 2.45) is 0 Å². The highest BCUT2D eigenvalue weighted by atomic mass is 16.5. The van der Waals surface area contributed by atoms with Gasteiger partial charge in [-0.1, -0.05) is 29.8 Å². The van der Waals surface area contributed by atoms with Crippen molar-refractivity contribution in [3.05, 3.63) is 64.5 Å². The Morgan fingerprint density at radius 1 is 1.20 bits per heavy atom. The minimum atomic E-state index is -2.89. The highest BCUT2D eigenvalue weighted by Crippen LogP contribution is 2.34. The molecule has 4 rings (SSSR count). The van der Waals surface area contributed by atoms with E-state index >= 15 is 0 Å². The monoisotopic (exact) mass is 486 g/mol. The quantitative estimate of drug-likeness (QED) is 0.606. The SMILES string of the molecule is [2H]C([2H])([2H])OC([2H])([2H])[C@@H](c1ccc(C)cc1)N1CCN(C2(C)CCN(C(=O)c3c(C([2H])([2H])[2H])ccnc3C)CC2)C[C@@H]1C. The van der Waals surface area contributed by atoms with Gasteiger partial charge in [-0.05, 0) is 64.6 Å². The number of aromatic nitrogens is 1. The van der Waals surface area contributed by atoms with Gasteiger partial charge >= 0.3 is 0 Å². The molecule has 2 atom stereocenters. The number of aryl methyl sites for hydroxylation is 3. The fourth-order valence-corrected chi connectivity index (χ4v) is 5.48. The van der Waals surface area contributed by atoms with E-state index in [-0.39, 0.29) is 28.6 Å². The molecule has 1 amide bonds. The van der Waals surface area contributed by atoms with Crippen LogP contribution in [-0.4, -0.2) is 83.5 Å². The fraction of sp³-hybridized carbons (Fsp3) is 0.586. The van der Waals surface area contributed by atoms with Crippen LogP contribution >= 0.6 is 0 Å². The normalized spacial score (nSPS) is 26.7. The average Bonchev–Trinajstić information content (AvgIpc) is 2.88. The van der Waals surface area contributed by atoms with E-state index in [1.165, 1.54) is 12.3 Å². The van der Waals surface area contributed by atoms with Crippen LogP contribution in [0, 0.1) is 20.7 Å². The van der Waals surface area contributed by atoms with Gasteiger partial charge in [-0.2, -0.15) is 0 Å². The van der Waals surface area contributed by atoms with Crippen LogP contribution < -0.4 is 0 Å². The standard InChI is InChI=1S/C29H42N4O2/c1-21-7-9-25(10-8-21)26(20-35-6)33-18-17-32(19-23(33)3)29(5)12-15-31(16-13-29)28(34)27-22(2)11-14-30-24(27)4/h7-11,14,23,26H,12-13,15-20H2,1-6H3/t23-,26-/m0/s1/i2D3,6D3,20D2. The van der Waals surface area contributed by atoms with Crippen molar-refractivity contribution in [2.45, 2.75) is 65.0 Å². The number of methoxy groups -OCH3 is 1. The van der Waals surface area contributed by atoms with E-state index in [0.29, 0.717) is 56.8 Å². The molecule has 0 bridgehead atoms. The van der Waals surface area contributed by atoms with Gasteiger partial charge in [-0.25, -0.2) is 0 Å². The van der Waals surface area contributed by atoms with Crippen LogP contribution in [0.1, 0.15) is 76.4 Å². The minimum Gasteiger partial charge on any atom is -0.383 e. The predicted molar refractivity (Wildman–Crippen MR) is 141 cm³/mol. The number of piperidine rings is 1. The first-order valence-electron chi connectivity index (χ1n) is 16.4. The Hall–Kier alpha value is -2.28. The second-order valence-corrected chi connectivity index (χ2v) is 10.2. The van der Waals surface area contributed by atoms with Crippen molar-refractivity contribution in [2.75, 3.05) is 46.3 Å². The molecule has 0 saturated carbocycles. The van der Waals surface area contributed by atoms with E-state index in [1.807, 2.05) is 43.0 Å². The number of hydrogen-bond donors (Lipinski definition) is 0. The van der Waals surface area contributed by atoms with Gasteiger partial charge in [0.05, 0.1) is 30.7 Å². The smallest absolute Gasteiger partial charge is 0.255 e. The third-order valence-corrected chi connectivity index (χ3v) is 7.82. The van der Waals surface area contributed by atoms with Gasteiger partial charge in [0, 0.05) is 61.7 Å². The summed E-state index contributed by atoms with van der Waals surface area (Å²) < 4.78 is 68.8. The van der Waals surface area contributed by atoms with E-state index < -0.39 is 26.5 Å². The minimum absolute atomic E-state index is 0.0220. The number of pyridine rings is 1. The summed E-state index contributed by atoms with van der Waals surface area (Å²) in [4.78, 5) is 23.8. The summed E-state index contributed by atoms with van der Waals surface area (Å²) in [6.45, 7) is 5.61. The number of benzene rings is 1. The van der Waals surface area contributed by atoms with Gasteiger partial charge in [-0.15, -0.1) is 0 Å². The van der Waals surface area contributed by atoms with Crippen LogP contribution in [0.25, 0.3) is 0 Å². The van der Waals surface area contributed by atoms with Crippen LogP contribution in [0.15, 0.2) is 36.5 Å². The average molecular weight is 487 g/mol. The number of nitrogens with zero attached hydrogens (tertiary/aromatic N) is 4. The van der Waals surface area contributed by atoms with Gasteiger partial charge < -0.3 is 9.64 Å². The Morgan fingerprint density at radius 2 is 1.94 bits per heavy atom. The van der Waals surface area contributed by atoms with E-state index in [1.54, 1.807) is 11.8 Å². The molecule has 2 aliphatic rings. The van der Waals surface area contributed by atoms with E-state index in [9.17, 15) is 4.79 Å². The second kappa shape index (κ2) is 10.8. The third kappa shape index (κ3) is 5.45. The van der Waals surface area contributed by atoms with Gasteiger partial charge in [0.25, 0.3) is 5.91 Å². The highest BCUT2D eigenvalue weighted by Gasteiger charge is 2.41. The first kappa shape index (κ1) is 17.2. The van der Waals surface area contributed by atoms with Gasteiger partial charge in [0.2, 0.25) is 0 Å². The molecule has 190 valence electrons. The number of rotatable bonds is 6. The number of carbonyl (C=O) groups excluding carboxylic acids is 1. The maximum atomic E-state index is 13.5. The molecule has 0 N–H and O–H groups in total. The molecule has 0 unspecified atom stereocenters. The molecule has 1 aromatic heterocycles. The van der Waals surface area contributed by atoms with Crippen molar-refractivity contribution in [3.8, 4) is 0 Å². The van der Waals surface area contributed by atoms with Crippen molar-refractivity contribution in [3.63, 3.8) is 0 Å². The number of piperazine rings is 1. The fourth-order valence-electron chi connectivity index (χ4n) is 5.48.